The molecule has 2 atom stereocenters. The van der Waals surface area contributed by atoms with E-state index in [1.54, 1.807) is 6.92 Å². The van der Waals surface area contributed by atoms with Crippen molar-refractivity contribution in [3.63, 3.8) is 0 Å². The zero-order valence-corrected chi connectivity index (χ0v) is 12.4. The molecule has 2 aromatic carbocycles. The summed E-state index contributed by atoms with van der Waals surface area (Å²) in [5.41, 5.74) is 1.80. The Balaban J connectivity index is 1.98. The molecule has 0 heterocycles. The lowest BCUT2D eigenvalue weighted by Crippen LogP contribution is -2.32. The van der Waals surface area contributed by atoms with Gasteiger partial charge in [0.2, 0.25) is 0 Å². The number of hydrogen-bond acceptors (Lipinski definition) is 3. The Labute approximate surface area is 130 Å². The molecule has 0 aromatic heterocycles. The highest BCUT2D eigenvalue weighted by molar-refractivity contribution is 5.68. The standard InChI is InChI=1S/C18H18N2O2/c1-14(12-19)17(16-10-6-3-7-11-16)20-18(21)22-13-15-8-4-2-5-9-15/h2-11,14,17H,13H2,1H3,(H,20,21)/t14-,17+/m1/s1. The first kappa shape index (κ1) is 15.6. The number of ether oxygens (including phenoxy) is 1. The van der Waals surface area contributed by atoms with Crippen LogP contribution in [0, 0.1) is 17.2 Å². The minimum Gasteiger partial charge on any atom is -0.445 e. The molecule has 0 aliphatic heterocycles. The Morgan fingerprint density at radius 2 is 1.73 bits per heavy atom. The van der Waals surface area contributed by atoms with Gasteiger partial charge in [-0.25, -0.2) is 4.79 Å². The fourth-order valence-corrected chi connectivity index (χ4v) is 2.12. The van der Waals surface area contributed by atoms with Gasteiger partial charge in [-0.3, -0.25) is 0 Å². The lowest BCUT2D eigenvalue weighted by atomic mass is 9.96. The SMILES string of the molecule is C[C@H](C#N)[C@H](NC(=O)OCc1ccccc1)c1ccccc1. The minimum atomic E-state index is -0.528. The van der Waals surface area contributed by atoms with Gasteiger partial charge in [0.25, 0.3) is 0 Å². The first-order valence-electron chi connectivity index (χ1n) is 7.12. The molecule has 2 rings (SSSR count). The Morgan fingerprint density at radius 1 is 1.14 bits per heavy atom. The molecule has 0 saturated carbocycles. The number of nitrogens with one attached hydrogen (secondary N) is 1. The monoisotopic (exact) mass is 294 g/mol. The molecule has 0 fully saturated rings. The second-order valence-corrected chi connectivity index (χ2v) is 5.01. The number of rotatable bonds is 5. The fourth-order valence-electron chi connectivity index (χ4n) is 2.12. The Hall–Kier alpha value is -2.80. The van der Waals surface area contributed by atoms with E-state index < -0.39 is 12.1 Å². The van der Waals surface area contributed by atoms with Crippen LogP contribution in [0.2, 0.25) is 0 Å². The van der Waals surface area contributed by atoms with Crippen molar-refractivity contribution in [3.8, 4) is 6.07 Å². The third-order valence-corrected chi connectivity index (χ3v) is 3.35. The van der Waals surface area contributed by atoms with Crippen molar-refractivity contribution in [2.24, 2.45) is 5.92 Å². The normalized spacial score (nSPS) is 12.7. The number of nitriles is 1. The van der Waals surface area contributed by atoms with Gasteiger partial charge in [-0.1, -0.05) is 60.7 Å². The van der Waals surface area contributed by atoms with Crippen molar-refractivity contribution < 1.29 is 9.53 Å². The summed E-state index contributed by atoms with van der Waals surface area (Å²) in [4.78, 5) is 12.0. The van der Waals surface area contributed by atoms with E-state index in [-0.39, 0.29) is 12.5 Å². The van der Waals surface area contributed by atoms with Crippen molar-refractivity contribution in [2.45, 2.75) is 19.6 Å². The summed E-state index contributed by atoms with van der Waals surface area (Å²) in [6.45, 7) is 1.98. The first-order valence-corrected chi connectivity index (χ1v) is 7.12. The molecule has 1 N–H and O–H groups in total. The molecule has 0 saturated heterocycles. The molecule has 112 valence electrons. The van der Waals surface area contributed by atoms with Crippen molar-refractivity contribution in [3.05, 3.63) is 71.8 Å². The van der Waals surface area contributed by atoms with E-state index >= 15 is 0 Å². The summed E-state index contributed by atoms with van der Waals surface area (Å²) < 4.78 is 5.22. The molecule has 0 radical (unpaired) electrons. The van der Waals surface area contributed by atoms with Crippen LogP contribution in [0.3, 0.4) is 0 Å². The predicted octanol–water partition coefficient (Wildman–Crippen LogP) is 3.81. The molecule has 0 bridgehead atoms. The van der Waals surface area contributed by atoms with E-state index in [1.807, 2.05) is 60.7 Å². The van der Waals surface area contributed by atoms with Gasteiger partial charge in [-0.15, -0.1) is 0 Å². The molecule has 2 aromatic rings. The molecule has 0 spiro atoms. The summed E-state index contributed by atoms with van der Waals surface area (Å²) in [6.07, 6.45) is -0.528. The third kappa shape index (κ3) is 4.35. The van der Waals surface area contributed by atoms with Crippen molar-refractivity contribution in [1.82, 2.24) is 5.32 Å². The van der Waals surface area contributed by atoms with Crippen LogP contribution in [0.1, 0.15) is 24.1 Å². The van der Waals surface area contributed by atoms with Crippen LogP contribution in [0.5, 0.6) is 0 Å². The molecule has 0 aliphatic rings. The van der Waals surface area contributed by atoms with Crippen molar-refractivity contribution in [2.75, 3.05) is 0 Å². The van der Waals surface area contributed by atoms with Gasteiger partial charge in [0.05, 0.1) is 18.0 Å². The van der Waals surface area contributed by atoms with Crippen LogP contribution in [0.4, 0.5) is 4.79 Å². The Morgan fingerprint density at radius 3 is 2.32 bits per heavy atom. The smallest absolute Gasteiger partial charge is 0.407 e. The van der Waals surface area contributed by atoms with E-state index in [2.05, 4.69) is 11.4 Å². The van der Waals surface area contributed by atoms with Crippen LogP contribution in [-0.2, 0) is 11.3 Å². The molecule has 4 heteroatoms. The summed E-state index contributed by atoms with van der Waals surface area (Å²) in [5, 5.41) is 11.9. The molecule has 22 heavy (non-hydrogen) atoms. The highest BCUT2D eigenvalue weighted by Gasteiger charge is 2.21. The third-order valence-electron chi connectivity index (χ3n) is 3.35. The van der Waals surface area contributed by atoms with Crippen LogP contribution in [0.15, 0.2) is 60.7 Å². The Kier molecular flexibility index (Phi) is 5.56. The molecular weight excluding hydrogens is 276 g/mol. The molecule has 0 aliphatic carbocycles. The molecule has 0 unspecified atom stereocenters. The minimum absolute atomic E-state index is 0.203. The lowest BCUT2D eigenvalue weighted by molar-refractivity contribution is 0.133. The first-order chi connectivity index (χ1) is 10.7. The predicted molar refractivity (Wildman–Crippen MR) is 83.7 cm³/mol. The van der Waals surface area contributed by atoms with Crippen molar-refractivity contribution >= 4 is 6.09 Å². The maximum Gasteiger partial charge on any atom is 0.407 e. The molecule has 1 amide bonds. The topological polar surface area (TPSA) is 62.1 Å². The molecular formula is C18H18N2O2. The number of hydrogen-bond donors (Lipinski definition) is 1. The van der Waals surface area contributed by atoms with E-state index in [9.17, 15) is 4.79 Å². The maximum atomic E-state index is 12.0. The van der Waals surface area contributed by atoms with Gasteiger partial charge < -0.3 is 10.1 Å². The number of carbonyl (C=O) groups excluding carboxylic acids is 1. The number of benzene rings is 2. The largest absolute Gasteiger partial charge is 0.445 e. The van der Waals surface area contributed by atoms with E-state index in [4.69, 9.17) is 10.00 Å². The van der Waals surface area contributed by atoms with Gasteiger partial charge in [0.1, 0.15) is 6.61 Å². The zero-order valence-electron chi connectivity index (χ0n) is 12.4. The highest BCUT2D eigenvalue weighted by Crippen LogP contribution is 2.21. The van der Waals surface area contributed by atoms with Crippen LogP contribution in [-0.4, -0.2) is 6.09 Å². The summed E-state index contributed by atoms with van der Waals surface area (Å²) >= 11 is 0. The second kappa shape index (κ2) is 7.84. The van der Waals surface area contributed by atoms with Gasteiger partial charge in [0, 0.05) is 0 Å². The summed E-state index contributed by atoms with van der Waals surface area (Å²) in [7, 11) is 0. The van der Waals surface area contributed by atoms with E-state index in [0.717, 1.165) is 11.1 Å². The number of alkyl carbamates (subject to hydrolysis) is 1. The van der Waals surface area contributed by atoms with Crippen LogP contribution < -0.4 is 5.32 Å². The van der Waals surface area contributed by atoms with Gasteiger partial charge in [-0.05, 0) is 18.1 Å². The average Bonchev–Trinajstić information content (AvgIpc) is 2.59. The number of carbonyl (C=O) groups is 1. The van der Waals surface area contributed by atoms with E-state index in [0.29, 0.717) is 0 Å². The Bertz CT molecular complexity index is 635. The van der Waals surface area contributed by atoms with E-state index in [1.165, 1.54) is 0 Å². The zero-order chi connectivity index (χ0) is 15.8. The maximum absolute atomic E-state index is 12.0. The number of amides is 1. The van der Waals surface area contributed by atoms with Crippen LogP contribution >= 0.6 is 0 Å². The highest BCUT2D eigenvalue weighted by atomic mass is 16.5. The number of nitrogens with zero attached hydrogens (tertiary/aromatic N) is 1. The van der Waals surface area contributed by atoms with Crippen molar-refractivity contribution in [1.29, 1.82) is 5.26 Å². The fraction of sp³-hybridized carbons (Fsp3) is 0.222. The second-order valence-electron chi connectivity index (χ2n) is 5.01. The average molecular weight is 294 g/mol. The van der Waals surface area contributed by atoms with Gasteiger partial charge in [-0.2, -0.15) is 5.26 Å². The van der Waals surface area contributed by atoms with Gasteiger partial charge in [0.15, 0.2) is 0 Å². The summed E-state index contributed by atoms with van der Waals surface area (Å²) in [5.74, 6) is -0.355. The molecule has 4 nitrogen and oxygen atoms in total. The lowest BCUT2D eigenvalue weighted by Gasteiger charge is -2.21. The quantitative estimate of drug-likeness (QED) is 0.912. The van der Waals surface area contributed by atoms with Crippen LogP contribution in [0.25, 0.3) is 0 Å². The van der Waals surface area contributed by atoms with Gasteiger partial charge >= 0.3 is 6.09 Å². The summed E-state index contributed by atoms with van der Waals surface area (Å²) in [6, 6.07) is 20.7.